The molecule has 0 saturated carbocycles. The fraction of sp³-hybridized carbons (Fsp3) is 0.526. The van der Waals surface area contributed by atoms with Gasteiger partial charge in [-0.25, -0.2) is 0 Å². The van der Waals surface area contributed by atoms with E-state index in [0.717, 1.165) is 0 Å². The van der Waals surface area contributed by atoms with Crippen LogP contribution < -0.4 is 91.0 Å². The van der Waals surface area contributed by atoms with Crippen LogP contribution in [0, 0.1) is 0 Å². The molecule has 196 valence electrons. The van der Waals surface area contributed by atoms with E-state index in [-0.39, 0.29) is 65.5 Å². The zero-order valence-electron chi connectivity index (χ0n) is 20.9. The Kier molecular flexibility index (Phi) is 23.5. The number of hydrogen-bond acceptors (Lipinski definition) is 10. The Balaban J connectivity index is -0.00000612. The van der Waals surface area contributed by atoms with E-state index in [2.05, 4.69) is 14.9 Å². The molecule has 0 rings (SSSR count). The number of carboxylic acids is 2. The maximum Gasteiger partial charge on any atom is 1.00 e. The van der Waals surface area contributed by atoms with Crippen LogP contribution in [0.3, 0.4) is 0 Å². The van der Waals surface area contributed by atoms with Crippen molar-refractivity contribution < 1.29 is 112 Å². The molecular formula is C19H24N8Na2O9. The van der Waals surface area contributed by atoms with Crippen LogP contribution >= 0.6 is 0 Å². The molecule has 0 aliphatic rings. The summed E-state index contributed by atoms with van der Waals surface area (Å²) >= 11 is 0. The summed E-state index contributed by atoms with van der Waals surface area (Å²) in [7, 11) is 0. The van der Waals surface area contributed by atoms with Crippen LogP contribution in [0.5, 0.6) is 0 Å². The molecule has 3 atom stereocenters. The van der Waals surface area contributed by atoms with Crippen LogP contribution in [-0.2, 0) is 33.6 Å². The van der Waals surface area contributed by atoms with Crippen molar-refractivity contribution in [2.45, 2.75) is 56.7 Å². The summed E-state index contributed by atoms with van der Waals surface area (Å²) < 4.78 is 0. The summed E-state index contributed by atoms with van der Waals surface area (Å²) in [6, 6.07) is -4.77. The van der Waals surface area contributed by atoms with Gasteiger partial charge in [-0.1, -0.05) is 0 Å². The number of ketones is 2. The van der Waals surface area contributed by atoms with E-state index in [1.54, 1.807) is 0 Å². The number of carbonyl (C=O) groups is 7. The second-order valence-electron chi connectivity index (χ2n) is 7.18. The van der Waals surface area contributed by atoms with E-state index in [1.165, 1.54) is 0 Å². The predicted octanol–water partition coefficient (Wildman–Crippen LogP) is -12.0. The third-order valence-corrected chi connectivity index (χ3v) is 4.48. The molecule has 3 amide bonds. The van der Waals surface area contributed by atoms with Crippen LogP contribution in [0.15, 0.2) is 0 Å². The van der Waals surface area contributed by atoms with Gasteiger partial charge in [0, 0.05) is 19.3 Å². The Labute approximate surface area is 260 Å². The number of nitrogens with one attached hydrogen (secondary N) is 3. The van der Waals surface area contributed by atoms with Crippen LogP contribution in [0.4, 0.5) is 0 Å². The molecule has 38 heavy (non-hydrogen) atoms. The first-order valence-electron chi connectivity index (χ1n) is 10.4. The number of Topliss-reactive ketones (excluding diaryl/α,β-unsaturated/α-hetero) is 2. The predicted molar refractivity (Wildman–Crippen MR) is 112 cm³/mol. The number of hydrogen-bond donors (Lipinski definition) is 4. The zero-order chi connectivity index (χ0) is 27.7. The van der Waals surface area contributed by atoms with Crippen molar-refractivity contribution in [2.24, 2.45) is 5.73 Å². The molecule has 0 spiro atoms. The molecule has 0 heterocycles. The maximum absolute atomic E-state index is 12.6. The molecule has 0 fully saturated rings. The summed E-state index contributed by atoms with van der Waals surface area (Å²) in [5.74, 6) is -7.74. The summed E-state index contributed by atoms with van der Waals surface area (Å²) in [6.07, 6.45) is -1.60. The monoisotopic (exact) mass is 554 g/mol. The van der Waals surface area contributed by atoms with E-state index in [4.69, 9.17) is 16.8 Å². The molecule has 0 aromatic rings. The normalized spacial score (nSPS) is 11.7. The molecule has 0 aliphatic carbocycles. The molecule has 0 aromatic carbocycles. The molecule has 0 saturated heterocycles. The first-order chi connectivity index (χ1) is 16.9. The maximum atomic E-state index is 12.6. The average Bonchev–Trinajstić information content (AvgIpc) is 2.81. The minimum atomic E-state index is -1.77. The van der Waals surface area contributed by atoms with Crippen LogP contribution in [0.25, 0.3) is 11.1 Å². The van der Waals surface area contributed by atoms with Crippen LogP contribution in [0.1, 0.15) is 38.5 Å². The van der Waals surface area contributed by atoms with Gasteiger partial charge in [0.05, 0.1) is 30.6 Å². The molecule has 0 radical (unpaired) electrons. The van der Waals surface area contributed by atoms with Crippen molar-refractivity contribution in [3.8, 4) is 0 Å². The molecule has 0 unspecified atom stereocenters. The van der Waals surface area contributed by atoms with E-state index in [0.29, 0.717) is 12.4 Å². The molecule has 0 aliphatic heterocycles. The molecular weight excluding hydrogens is 530 g/mol. The van der Waals surface area contributed by atoms with E-state index in [1.807, 2.05) is 10.6 Å². The Morgan fingerprint density at radius 1 is 0.684 bits per heavy atom. The number of rotatable bonds is 18. The second-order valence-corrected chi connectivity index (χ2v) is 7.18. The van der Waals surface area contributed by atoms with Crippen LogP contribution in [0.2, 0.25) is 0 Å². The quantitative estimate of drug-likeness (QED) is 0.0536. The van der Waals surface area contributed by atoms with Gasteiger partial charge in [0.15, 0.2) is 0 Å². The molecule has 17 nitrogen and oxygen atoms in total. The standard InChI is InChI=1S/C19H26N8O9.2Na/c20-7-16(31)26-13(18(33)34)5-6-15(30)25-12(3-1-10(28)8-23-21)17(32)27-14(19(35)36)4-2-11(29)9-24-22;;/h8-9,12-14H,1-7,20H2,(H,25,30)(H,26,31)(H,27,32)(H,33,34)(H,35,36);;/q;2*+1/p-2/t12-,13-,14-;;/m0../s1. The smallest absolute Gasteiger partial charge is 0.548 e. The van der Waals surface area contributed by atoms with Gasteiger partial charge in [-0.2, -0.15) is 9.58 Å². The zero-order valence-corrected chi connectivity index (χ0v) is 24.9. The van der Waals surface area contributed by atoms with Gasteiger partial charge in [-0.15, -0.1) is 0 Å². The van der Waals surface area contributed by atoms with Gasteiger partial charge in [-0.3, -0.25) is 24.0 Å². The van der Waals surface area contributed by atoms with Gasteiger partial charge in [0.25, 0.3) is 0 Å². The van der Waals surface area contributed by atoms with Crippen molar-refractivity contribution >= 4 is 53.7 Å². The number of carboxylic acid groups (broad SMARTS) is 2. The fourth-order valence-electron chi connectivity index (χ4n) is 2.67. The minimum Gasteiger partial charge on any atom is -0.548 e. The number of carbonyl (C=O) groups excluding carboxylic acids is 7. The van der Waals surface area contributed by atoms with Gasteiger partial charge in [-0.05, 0) is 19.3 Å². The largest absolute Gasteiger partial charge is 1.00 e. The molecule has 0 aromatic heterocycles. The third-order valence-electron chi connectivity index (χ3n) is 4.48. The van der Waals surface area contributed by atoms with Gasteiger partial charge in [0.1, 0.15) is 6.04 Å². The molecule has 0 bridgehead atoms. The average molecular weight is 554 g/mol. The number of nitrogens with two attached hydrogens (primary N) is 1. The minimum absolute atomic E-state index is 0. The second kappa shape index (κ2) is 22.4. The first-order valence-corrected chi connectivity index (χ1v) is 10.4. The molecule has 19 heteroatoms. The topological polar surface area (TPSA) is 301 Å². The van der Waals surface area contributed by atoms with Gasteiger partial charge >= 0.3 is 71.5 Å². The molecule has 5 N–H and O–H groups in total. The van der Waals surface area contributed by atoms with Crippen molar-refractivity contribution in [2.75, 3.05) is 6.54 Å². The van der Waals surface area contributed by atoms with Gasteiger partial charge in [0.2, 0.25) is 29.3 Å². The fourth-order valence-corrected chi connectivity index (χ4v) is 2.67. The SMILES string of the molecule is [N-]=[N+]=CC(=O)CC[C@H](NC(=O)[C@H](CCC(=O)C=[N+]=[N-])NC(=O)CC[C@H](NC(=O)CN)C(=O)[O-])C(=O)[O-].[Na+].[Na+]. The Morgan fingerprint density at radius 2 is 1.08 bits per heavy atom. The van der Waals surface area contributed by atoms with Crippen molar-refractivity contribution in [3.05, 3.63) is 11.1 Å². The number of aliphatic carboxylic acids is 2. The number of nitrogens with zero attached hydrogens (tertiary/aromatic N) is 4. The van der Waals surface area contributed by atoms with Crippen molar-refractivity contribution in [1.82, 2.24) is 16.0 Å². The Morgan fingerprint density at radius 3 is 1.50 bits per heavy atom. The first kappa shape index (κ1) is 39.9. The summed E-state index contributed by atoms with van der Waals surface area (Å²) in [5, 5.41) is 28.8. The van der Waals surface area contributed by atoms with E-state index < -0.39 is 98.0 Å². The van der Waals surface area contributed by atoms with E-state index >= 15 is 0 Å². The summed E-state index contributed by atoms with van der Waals surface area (Å²) in [6.45, 7) is -0.513. The van der Waals surface area contributed by atoms with Crippen molar-refractivity contribution in [1.29, 1.82) is 0 Å². The summed E-state index contributed by atoms with van der Waals surface area (Å²) in [4.78, 5) is 86.7. The third kappa shape index (κ3) is 17.8. The number of amides is 3. The summed E-state index contributed by atoms with van der Waals surface area (Å²) in [5.41, 5.74) is 21.8. The van der Waals surface area contributed by atoms with Crippen molar-refractivity contribution in [3.63, 3.8) is 0 Å². The van der Waals surface area contributed by atoms with Gasteiger partial charge < -0.3 is 52.5 Å². The van der Waals surface area contributed by atoms with Crippen LogP contribution in [-0.4, -0.2) is 87.9 Å². The van der Waals surface area contributed by atoms with E-state index in [9.17, 15) is 43.8 Å². The Hall–Kier alpha value is -2.59. The Bertz CT molecular complexity index is 981.